The summed E-state index contributed by atoms with van der Waals surface area (Å²) in [5, 5.41) is 0.0829. The van der Waals surface area contributed by atoms with Crippen molar-refractivity contribution in [1.82, 2.24) is 9.80 Å². The van der Waals surface area contributed by atoms with Crippen LogP contribution >= 0.6 is 11.6 Å². The molecule has 1 aliphatic heterocycles. The molecule has 6 nitrogen and oxygen atoms in total. The van der Waals surface area contributed by atoms with Gasteiger partial charge in [-0.05, 0) is 40.8 Å². The number of halogens is 2. The van der Waals surface area contributed by atoms with E-state index in [1.54, 1.807) is 4.90 Å². The van der Waals surface area contributed by atoms with E-state index in [1.165, 1.54) is 6.92 Å². The summed E-state index contributed by atoms with van der Waals surface area (Å²) in [6.07, 6.45) is 0.145. The van der Waals surface area contributed by atoms with Gasteiger partial charge in [0.1, 0.15) is 23.8 Å². The summed E-state index contributed by atoms with van der Waals surface area (Å²) in [7, 11) is 1.93. The number of carbonyl (C=O) groups is 2. The van der Waals surface area contributed by atoms with Crippen molar-refractivity contribution in [2.45, 2.75) is 53.2 Å². The summed E-state index contributed by atoms with van der Waals surface area (Å²) in [6.45, 7) is 12.8. The van der Waals surface area contributed by atoms with Crippen LogP contribution in [0.15, 0.2) is 6.07 Å². The van der Waals surface area contributed by atoms with Crippen molar-refractivity contribution in [3.05, 3.63) is 28.0 Å². The molecule has 2 rings (SSSR count). The van der Waals surface area contributed by atoms with Gasteiger partial charge in [-0.15, -0.1) is 0 Å². The molecule has 1 fully saturated rings. The minimum atomic E-state index is -0.565. The molecular formula is C21H32ClFN2O4. The van der Waals surface area contributed by atoms with Gasteiger partial charge < -0.3 is 14.4 Å². The number of hydrogen-bond donors (Lipinski definition) is 0. The van der Waals surface area contributed by atoms with Crippen LogP contribution in [0.5, 0.6) is 5.75 Å². The van der Waals surface area contributed by atoms with Crippen LogP contribution < -0.4 is 4.74 Å². The van der Waals surface area contributed by atoms with Gasteiger partial charge in [0, 0.05) is 25.2 Å². The van der Waals surface area contributed by atoms with E-state index < -0.39 is 11.4 Å². The quantitative estimate of drug-likeness (QED) is 0.655. The molecule has 0 saturated carbocycles. The van der Waals surface area contributed by atoms with Crippen molar-refractivity contribution in [2.24, 2.45) is 0 Å². The summed E-state index contributed by atoms with van der Waals surface area (Å²) >= 11 is 6.17. The zero-order chi connectivity index (χ0) is 22.4. The third kappa shape index (κ3) is 6.85. The summed E-state index contributed by atoms with van der Waals surface area (Å²) in [6, 6.07) is 0.994. The maximum atomic E-state index is 13.8. The molecule has 8 heteroatoms. The van der Waals surface area contributed by atoms with E-state index in [2.05, 4.69) is 4.90 Å². The zero-order valence-electron chi connectivity index (χ0n) is 18.3. The van der Waals surface area contributed by atoms with Crippen LogP contribution in [0.1, 0.15) is 50.5 Å². The predicted octanol–water partition coefficient (Wildman–Crippen LogP) is 4.56. The molecule has 1 unspecified atom stereocenters. The number of amides is 1. The Morgan fingerprint density at radius 1 is 1.34 bits per heavy atom. The van der Waals surface area contributed by atoms with Gasteiger partial charge in [-0.1, -0.05) is 25.4 Å². The fraction of sp³-hybridized carbons (Fsp3) is 0.619. The number of aldehydes is 1. The fourth-order valence-corrected chi connectivity index (χ4v) is 3.00. The molecule has 1 heterocycles. The lowest BCUT2D eigenvalue weighted by atomic mass is 10.1. The van der Waals surface area contributed by atoms with Crippen LogP contribution in [0.3, 0.4) is 0 Å². The first kappa shape index (κ1) is 25.2. The minimum Gasteiger partial charge on any atom is -0.490 e. The molecule has 1 aromatic rings. The van der Waals surface area contributed by atoms with Gasteiger partial charge >= 0.3 is 6.09 Å². The van der Waals surface area contributed by atoms with Gasteiger partial charge in [0.05, 0.1) is 16.6 Å². The second kappa shape index (κ2) is 10.8. The topological polar surface area (TPSA) is 59.1 Å². The number of benzene rings is 1. The number of piperazine rings is 1. The van der Waals surface area contributed by atoms with Gasteiger partial charge in [-0.25, -0.2) is 9.18 Å². The second-order valence-electron chi connectivity index (χ2n) is 7.71. The Morgan fingerprint density at radius 3 is 2.52 bits per heavy atom. The largest absolute Gasteiger partial charge is 0.490 e. The van der Waals surface area contributed by atoms with Crippen LogP contribution in [0.25, 0.3) is 0 Å². The minimum absolute atomic E-state index is 0.0607. The molecule has 1 aliphatic rings. The predicted molar refractivity (Wildman–Crippen MR) is 113 cm³/mol. The highest BCUT2D eigenvalue weighted by molar-refractivity contribution is 6.33. The smallest absolute Gasteiger partial charge is 0.410 e. The summed E-state index contributed by atoms with van der Waals surface area (Å²) in [5.74, 6) is -0.395. The van der Waals surface area contributed by atoms with Crippen LogP contribution in [-0.4, -0.2) is 67.1 Å². The molecule has 0 aliphatic carbocycles. The highest BCUT2D eigenvalue weighted by Crippen LogP contribution is 2.33. The number of nitrogens with zero attached hydrogens (tertiary/aromatic N) is 2. The average molecular weight is 431 g/mol. The van der Waals surface area contributed by atoms with Crippen LogP contribution in [-0.2, 0) is 4.74 Å². The maximum absolute atomic E-state index is 13.8. The normalized spacial score (nSPS) is 17.3. The second-order valence-corrected chi connectivity index (χ2v) is 8.08. The Labute approximate surface area is 177 Å². The highest BCUT2D eigenvalue weighted by atomic mass is 35.5. The van der Waals surface area contributed by atoms with Crippen molar-refractivity contribution in [3.8, 4) is 5.75 Å². The summed E-state index contributed by atoms with van der Waals surface area (Å²) in [5.41, 5.74) is -0.278. The molecule has 29 heavy (non-hydrogen) atoms. The van der Waals surface area contributed by atoms with Gasteiger partial charge in [0.25, 0.3) is 0 Å². The van der Waals surface area contributed by atoms with Crippen molar-refractivity contribution >= 4 is 24.0 Å². The van der Waals surface area contributed by atoms with Crippen molar-refractivity contribution < 1.29 is 23.5 Å². The van der Waals surface area contributed by atoms with E-state index in [0.717, 1.165) is 6.07 Å². The molecule has 1 aromatic carbocycles. The third-order valence-corrected chi connectivity index (χ3v) is 4.86. The maximum Gasteiger partial charge on any atom is 0.410 e. The Hall–Kier alpha value is -1.86. The van der Waals surface area contributed by atoms with Crippen molar-refractivity contribution in [2.75, 3.05) is 33.3 Å². The lowest BCUT2D eigenvalue weighted by Crippen LogP contribution is -2.56. The zero-order valence-corrected chi connectivity index (χ0v) is 19.1. The number of hydrogen-bond acceptors (Lipinski definition) is 5. The van der Waals surface area contributed by atoms with Crippen molar-refractivity contribution in [1.29, 1.82) is 0 Å². The number of rotatable bonds is 4. The monoisotopic (exact) mass is 430 g/mol. The van der Waals surface area contributed by atoms with Gasteiger partial charge in [0.15, 0.2) is 6.29 Å². The van der Waals surface area contributed by atoms with Gasteiger partial charge in [-0.3, -0.25) is 9.69 Å². The average Bonchev–Trinajstić information content (AvgIpc) is 2.66. The molecule has 1 atom stereocenters. The van der Waals surface area contributed by atoms with E-state index in [0.29, 0.717) is 25.9 Å². The third-order valence-electron chi connectivity index (χ3n) is 4.41. The Morgan fingerprint density at radius 2 is 1.97 bits per heavy atom. The van der Waals surface area contributed by atoms with Crippen molar-refractivity contribution in [3.63, 3.8) is 0 Å². The molecular weight excluding hydrogens is 399 g/mol. The first-order valence-corrected chi connectivity index (χ1v) is 10.2. The number of likely N-dealkylation sites (N-methyl/N-ethyl adjacent to an activating group) is 1. The van der Waals surface area contributed by atoms with E-state index in [9.17, 15) is 14.0 Å². The van der Waals surface area contributed by atoms with E-state index >= 15 is 0 Å². The molecule has 0 bridgehead atoms. The highest BCUT2D eigenvalue weighted by Gasteiger charge is 2.31. The molecule has 1 saturated heterocycles. The number of ether oxygens (including phenoxy) is 2. The van der Waals surface area contributed by atoms with Crippen LogP contribution in [0.2, 0.25) is 5.02 Å². The lowest BCUT2D eigenvalue weighted by molar-refractivity contribution is 0.00251. The van der Waals surface area contributed by atoms with E-state index in [1.807, 2.05) is 41.7 Å². The Bertz CT molecular complexity index is 722. The first-order valence-electron chi connectivity index (χ1n) is 9.78. The lowest BCUT2D eigenvalue weighted by Gasteiger charge is -2.39. The molecule has 0 radical (unpaired) electrons. The molecule has 164 valence electrons. The summed E-state index contributed by atoms with van der Waals surface area (Å²) in [4.78, 5) is 27.3. The standard InChI is InChI=1S/C19H26ClFN2O4.C2H6/c1-12-15(21)8-13(10-24)17(16(12)20)26-11-14-9-23(7-6-22(14)5)18(25)27-19(2,3)4;1-2/h8,10,14H,6-7,9,11H2,1-5H3;1-2H3. The molecule has 0 N–H and O–H groups in total. The Balaban J connectivity index is 0.00000204. The molecule has 0 aromatic heterocycles. The van der Waals surface area contributed by atoms with Gasteiger partial charge in [-0.2, -0.15) is 0 Å². The number of carbonyl (C=O) groups excluding carboxylic acids is 2. The fourth-order valence-electron chi connectivity index (χ4n) is 2.74. The first-order chi connectivity index (χ1) is 13.5. The van der Waals surface area contributed by atoms with Gasteiger partial charge in [0.2, 0.25) is 0 Å². The molecule has 0 spiro atoms. The Kier molecular flexibility index (Phi) is 9.36. The summed E-state index contributed by atoms with van der Waals surface area (Å²) < 4.78 is 25.0. The van der Waals surface area contributed by atoms with Crippen LogP contribution in [0.4, 0.5) is 9.18 Å². The van der Waals surface area contributed by atoms with E-state index in [4.69, 9.17) is 21.1 Å². The SMILES string of the molecule is CC.Cc1c(F)cc(C=O)c(OCC2CN(C(=O)OC(C)(C)C)CCN2C)c1Cl. The molecule has 1 amide bonds. The van der Waals surface area contributed by atoms with E-state index in [-0.39, 0.29) is 40.6 Å². The van der Waals surface area contributed by atoms with Crippen LogP contribution in [0, 0.1) is 12.7 Å².